The van der Waals surface area contributed by atoms with Gasteiger partial charge in [0.1, 0.15) is 0 Å². The molecular weight excluding hydrogens is 396 g/mol. The van der Waals surface area contributed by atoms with Gasteiger partial charge in [-0.05, 0) is 60.2 Å². The highest BCUT2D eigenvalue weighted by atomic mass is 16.1. The van der Waals surface area contributed by atoms with E-state index in [-0.39, 0.29) is 5.43 Å². The molecule has 0 aliphatic heterocycles. The Morgan fingerprint density at radius 3 is 2.59 bits per heavy atom. The molecule has 0 spiro atoms. The fourth-order valence-electron chi connectivity index (χ4n) is 4.04. The van der Waals surface area contributed by atoms with Crippen LogP contribution in [-0.4, -0.2) is 14.8 Å². The largest absolute Gasteiger partial charge is 0.381 e. The molecule has 0 bridgehead atoms. The van der Waals surface area contributed by atoms with Crippen LogP contribution in [0.15, 0.2) is 78.0 Å². The molecule has 3 aromatic carbocycles. The number of hydrogen-bond acceptors (Lipinski definition) is 4. The quantitative estimate of drug-likeness (QED) is 0.424. The molecule has 2 heterocycles. The summed E-state index contributed by atoms with van der Waals surface area (Å²) < 4.78 is 1.74. The van der Waals surface area contributed by atoms with Gasteiger partial charge < -0.3 is 5.32 Å². The Morgan fingerprint density at radius 1 is 0.938 bits per heavy atom. The van der Waals surface area contributed by atoms with Gasteiger partial charge in [0.15, 0.2) is 5.43 Å². The first-order chi connectivity index (χ1) is 15.5. The van der Waals surface area contributed by atoms with E-state index in [0.717, 1.165) is 22.2 Å². The summed E-state index contributed by atoms with van der Waals surface area (Å²) in [5, 5.41) is 9.89. The monoisotopic (exact) mass is 420 g/mol. The highest BCUT2D eigenvalue weighted by Crippen LogP contribution is 2.23. The lowest BCUT2D eigenvalue weighted by atomic mass is 10.0. The molecule has 0 fully saturated rings. The molecule has 0 aliphatic carbocycles. The minimum Gasteiger partial charge on any atom is -0.381 e. The second-order valence-corrected chi connectivity index (χ2v) is 8.24. The summed E-state index contributed by atoms with van der Waals surface area (Å²) in [4.78, 5) is 18.1. The highest BCUT2D eigenvalue weighted by molar-refractivity contribution is 5.94. The number of nitrogens with one attached hydrogen (secondary N) is 1. The van der Waals surface area contributed by atoms with Gasteiger partial charge in [-0.3, -0.25) is 14.5 Å². The van der Waals surface area contributed by atoms with E-state index in [4.69, 9.17) is 0 Å². The molecule has 5 rings (SSSR count). The normalized spacial score (nSPS) is 11.2. The number of aromatic nitrogens is 3. The topological polar surface area (TPSA) is 59.8 Å². The van der Waals surface area contributed by atoms with Gasteiger partial charge in [-0.2, -0.15) is 5.10 Å². The minimum absolute atomic E-state index is 0.0198. The van der Waals surface area contributed by atoms with Crippen LogP contribution in [0.25, 0.3) is 32.8 Å². The third-order valence-electron chi connectivity index (χ3n) is 6.12. The Bertz CT molecular complexity index is 1530. The van der Waals surface area contributed by atoms with Crippen LogP contribution in [0, 0.1) is 13.8 Å². The molecule has 5 aromatic rings. The molecule has 0 radical (unpaired) electrons. The highest BCUT2D eigenvalue weighted by Gasteiger charge is 2.08. The number of nitrogens with zero attached hydrogens (tertiary/aromatic N) is 3. The van der Waals surface area contributed by atoms with E-state index >= 15 is 0 Å². The first kappa shape index (κ1) is 19.9. The SMILES string of the molecule is Cc1cccc(CNc2ccc3ccc4ncc(-c5cnn(C)c5)cc4c(=O)c3c2)c1C. The van der Waals surface area contributed by atoms with Crippen LogP contribution in [-0.2, 0) is 13.6 Å². The lowest BCUT2D eigenvalue weighted by Crippen LogP contribution is -2.04. The summed E-state index contributed by atoms with van der Waals surface area (Å²) in [5.74, 6) is 0. The van der Waals surface area contributed by atoms with E-state index in [1.165, 1.54) is 16.7 Å². The van der Waals surface area contributed by atoms with Crippen LogP contribution in [0.4, 0.5) is 5.69 Å². The maximum atomic E-state index is 13.5. The van der Waals surface area contributed by atoms with Gasteiger partial charge in [0.25, 0.3) is 0 Å². The summed E-state index contributed by atoms with van der Waals surface area (Å²) >= 11 is 0. The third-order valence-corrected chi connectivity index (χ3v) is 6.12. The van der Waals surface area contributed by atoms with Crippen LogP contribution in [0.5, 0.6) is 0 Å². The number of aryl methyl sites for hydroxylation is 2. The number of benzene rings is 2. The van der Waals surface area contributed by atoms with Gasteiger partial charge in [0, 0.05) is 53.6 Å². The second-order valence-electron chi connectivity index (χ2n) is 8.24. The van der Waals surface area contributed by atoms with Crippen molar-refractivity contribution in [3.05, 3.63) is 100 Å². The van der Waals surface area contributed by atoms with Crippen LogP contribution in [0.3, 0.4) is 0 Å². The van der Waals surface area contributed by atoms with Crippen molar-refractivity contribution in [2.24, 2.45) is 7.05 Å². The fourth-order valence-corrected chi connectivity index (χ4v) is 4.04. The summed E-state index contributed by atoms with van der Waals surface area (Å²) in [6, 6.07) is 18.1. The summed E-state index contributed by atoms with van der Waals surface area (Å²) in [5.41, 5.74) is 7.22. The maximum absolute atomic E-state index is 13.5. The molecule has 1 N–H and O–H groups in total. The molecule has 0 saturated carbocycles. The molecular formula is C27H24N4O. The zero-order valence-electron chi connectivity index (χ0n) is 18.4. The number of pyridine rings is 1. The summed E-state index contributed by atoms with van der Waals surface area (Å²) in [7, 11) is 1.87. The predicted molar refractivity (Wildman–Crippen MR) is 131 cm³/mol. The van der Waals surface area contributed by atoms with E-state index in [1.807, 2.05) is 49.6 Å². The Balaban J connectivity index is 1.58. The molecule has 0 saturated heterocycles. The fraction of sp³-hybridized carbons (Fsp3) is 0.148. The maximum Gasteiger partial charge on any atom is 0.195 e. The molecule has 2 aromatic heterocycles. The first-order valence-corrected chi connectivity index (χ1v) is 10.6. The second kappa shape index (κ2) is 7.93. The number of rotatable bonds is 4. The van der Waals surface area contributed by atoms with Crippen molar-refractivity contribution in [1.29, 1.82) is 0 Å². The molecule has 32 heavy (non-hydrogen) atoms. The van der Waals surface area contributed by atoms with E-state index < -0.39 is 0 Å². The summed E-state index contributed by atoms with van der Waals surface area (Å²) in [6.07, 6.45) is 5.49. The van der Waals surface area contributed by atoms with Crippen molar-refractivity contribution in [3.63, 3.8) is 0 Å². The Labute approximate surface area is 186 Å². The molecule has 0 amide bonds. The third kappa shape index (κ3) is 3.62. The van der Waals surface area contributed by atoms with Crippen molar-refractivity contribution in [2.75, 3.05) is 5.32 Å². The molecule has 0 unspecified atom stereocenters. The van der Waals surface area contributed by atoms with E-state index in [2.05, 4.69) is 47.4 Å². The predicted octanol–water partition coefficient (Wildman–Crippen LogP) is 5.38. The van der Waals surface area contributed by atoms with E-state index in [1.54, 1.807) is 17.1 Å². The van der Waals surface area contributed by atoms with Crippen molar-refractivity contribution in [1.82, 2.24) is 14.8 Å². The Morgan fingerprint density at radius 2 is 1.78 bits per heavy atom. The zero-order chi connectivity index (χ0) is 22.2. The Hall–Kier alpha value is -3.99. The standard InChI is InChI=1S/C27H24N4O/c1-17-5-4-6-20(18(17)2)13-28-23-9-7-19-8-10-26-25(27(32)24(19)12-23)11-21(14-29-26)22-15-30-31(3)16-22/h4-12,14-16,28H,13H2,1-3H3. The van der Waals surface area contributed by atoms with Gasteiger partial charge in [-0.25, -0.2) is 0 Å². The van der Waals surface area contributed by atoms with Gasteiger partial charge in [0.2, 0.25) is 0 Å². The van der Waals surface area contributed by atoms with Crippen molar-refractivity contribution >= 4 is 27.4 Å². The number of anilines is 1. The number of hydrogen-bond donors (Lipinski definition) is 1. The molecule has 158 valence electrons. The average molecular weight is 421 g/mol. The summed E-state index contributed by atoms with van der Waals surface area (Å²) in [6.45, 7) is 4.97. The Kier molecular flexibility index (Phi) is 4.94. The van der Waals surface area contributed by atoms with Crippen molar-refractivity contribution < 1.29 is 0 Å². The molecule has 5 heteroatoms. The van der Waals surface area contributed by atoms with Gasteiger partial charge in [-0.1, -0.05) is 30.3 Å². The van der Waals surface area contributed by atoms with E-state index in [9.17, 15) is 4.79 Å². The molecule has 0 aliphatic rings. The van der Waals surface area contributed by atoms with Gasteiger partial charge in [0.05, 0.1) is 11.7 Å². The van der Waals surface area contributed by atoms with Crippen molar-refractivity contribution in [3.8, 4) is 11.1 Å². The number of fused-ring (bicyclic) bond motifs is 2. The zero-order valence-corrected chi connectivity index (χ0v) is 18.4. The average Bonchev–Trinajstić information content (AvgIpc) is 3.19. The van der Waals surface area contributed by atoms with E-state index in [0.29, 0.717) is 22.8 Å². The molecule has 5 nitrogen and oxygen atoms in total. The van der Waals surface area contributed by atoms with Gasteiger partial charge in [-0.15, -0.1) is 0 Å². The lowest BCUT2D eigenvalue weighted by molar-refractivity contribution is 0.768. The van der Waals surface area contributed by atoms with Gasteiger partial charge >= 0.3 is 0 Å². The van der Waals surface area contributed by atoms with Crippen LogP contribution >= 0.6 is 0 Å². The van der Waals surface area contributed by atoms with Crippen LogP contribution < -0.4 is 10.7 Å². The van der Waals surface area contributed by atoms with Crippen molar-refractivity contribution in [2.45, 2.75) is 20.4 Å². The first-order valence-electron chi connectivity index (χ1n) is 10.6. The smallest absolute Gasteiger partial charge is 0.195 e. The van der Waals surface area contributed by atoms with Crippen LogP contribution in [0.1, 0.15) is 16.7 Å². The minimum atomic E-state index is -0.0198. The molecule has 0 atom stereocenters. The lowest BCUT2D eigenvalue weighted by Gasteiger charge is -2.11. The van der Waals surface area contributed by atoms with Crippen LogP contribution in [0.2, 0.25) is 0 Å².